The maximum absolute atomic E-state index is 2.00. The van der Waals surface area contributed by atoms with Gasteiger partial charge in [0, 0.05) is 0 Å². The fraction of sp³-hybridized carbons (Fsp3) is 0. The SMILES string of the molecule is [TeH2].c1ccccc1.c1ccccc1. The molecule has 0 amide bonds. The van der Waals surface area contributed by atoms with Crippen LogP contribution in [0.4, 0.5) is 0 Å². The van der Waals surface area contributed by atoms with Crippen molar-refractivity contribution in [2.24, 2.45) is 0 Å². The molecule has 1 heteroatoms. The predicted molar refractivity (Wildman–Crippen MR) is 61.4 cm³/mol. The molecule has 0 aromatic heterocycles. The summed E-state index contributed by atoms with van der Waals surface area (Å²) in [6.45, 7) is 0. The van der Waals surface area contributed by atoms with E-state index in [1.807, 2.05) is 72.8 Å². The van der Waals surface area contributed by atoms with Crippen molar-refractivity contribution in [1.29, 1.82) is 0 Å². The van der Waals surface area contributed by atoms with Gasteiger partial charge in [-0.3, -0.25) is 0 Å². The number of hydrogen-bond acceptors (Lipinski definition) is 0. The van der Waals surface area contributed by atoms with Crippen molar-refractivity contribution in [3.8, 4) is 0 Å². The largest absolute Gasteiger partial charge is 0.0623 e. The summed E-state index contributed by atoms with van der Waals surface area (Å²) in [5.74, 6) is 0. The third kappa shape index (κ3) is 7.59. The first kappa shape index (κ1) is 12.2. The molecule has 0 aliphatic heterocycles. The molecule has 0 saturated heterocycles. The smallest absolute Gasteiger partial charge is 0.0623 e. The van der Waals surface area contributed by atoms with Crippen LogP contribution in [0.5, 0.6) is 0 Å². The molecule has 0 aliphatic carbocycles. The van der Waals surface area contributed by atoms with Crippen molar-refractivity contribution in [1.82, 2.24) is 0 Å². The average Bonchev–Trinajstić information content (AvgIpc) is 2.24. The Hall–Kier alpha value is -0.770. The van der Waals surface area contributed by atoms with E-state index in [0.29, 0.717) is 0 Å². The number of rotatable bonds is 0. The van der Waals surface area contributed by atoms with E-state index in [0.717, 1.165) is 0 Å². The van der Waals surface area contributed by atoms with Gasteiger partial charge < -0.3 is 0 Å². The van der Waals surface area contributed by atoms with Crippen LogP contribution in [0.2, 0.25) is 0 Å². The molecule has 13 heavy (non-hydrogen) atoms. The molecule has 0 radical (unpaired) electrons. The summed E-state index contributed by atoms with van der Waals surface area (Å²) in [6.07, 6.45) is 0. The normalized spacial score (nSPS) is 7.38. The second kappa shape index (κ2) is 9.32. The van der Waals surface area contributed by atoms with Crippen LogP contribution in [0.25, 0.3) is 0 Å². The summed E-state index contributed by atoms with van der Waals surface area (Å²) in [6, 6.07) is 24.0. The van der Waals surface area contributed by atoms with Gasteiger partial charge in [0.05, 0.1) is 0 Å². The van der Waals surface area contributed by atoms with E-state index in [-0.39, 0.29) is 23.7 Å². The Bertz CT molecular complexity index is 181. The van der Waals surface area contributed by atoms with Gasteiger partial charge in [0.1, 0.15) is 0 Å². The van der Waals surface area contributed by atoms with Gasteiger partial charge in [-0.25, -0.2) is 0 Å². The zero-order valence-electron chi connectivity index (χ0n) is 7.43. The Morgan fingerprint density at radius 1 is 0.231 bits per heavy atom. The van der Waals surface area contributed by atoms with Crippen LogP contribution in [0.3, 0.4) is 0 Å². The van der Waals surface area contributed by atoms with Crippen LogP contribution in [-0.4, -0.2) is 23.7 Å². The minimum absolute atomic E-state index is 0. The Labute approximate surface area is 96.3 Å². The molecule has 0 N–H and O–H groups in total. The average molecular weight is 286 g/mol. The molecule has 0 saturated carbocycles. The fourth-order valence-corrected chi connectivity index (χ4v) is 0.770. The van der Waals surface area contributed by atoms with E-state index in [9.17, 15) is 0 Å². The van der Waals surface area contributed by atoms with Crippen molar-refractivity contribution in [3.63, 3.8) is 0 Å². The van der Waals surface area contributed by atoms with Gasteiger partial charge in [-0.05, 0) is 0 Å². The monoisotopic (exact) mass is 288 g/mol. The van der Waals surface area contributed by atoms with Gasteiger partial charge in [0.2, 0.25) is 0 Å². The fourth-order valence-electron chi connectivity index (χ4n) is 0.770. The third-order valence-electron chi connectivity index (χ3n) is 1.33. The molecule has 68 valence electrons. The summed E-state index contributed by atoms with van der Waals surface area (Å²) >= 11 is 0. The first-order chi connectivity index (χ1) is 6.00. The molecule has 2 aromatic carbocycles. The third-order valence-corrected chi connectivity index (χ3v) is 1.33. The quantitative estimate of drug-likeness (QED) is 0.653. The van der Waals surface area contributed by atoms with Crippen LogP contribution in [0.1, 0.15) is 0 Å². The predicted octanol–water partition coefficient (Wildman–Crippen LogP) is 2.46. The molecule has 0 heterocycles. The van der Waals surface area contributed by atoms with Crippen molar-refractivity contribution in [2.75, 3.05) is 0 Å². The van der Waals surface area contributed by atoms with Crippen molar-refractivity contribution in [3.05, 3.63) is 72.8 Å². The van der Waals surface area contributed by atoms with E-state index < -0.39 is 0 Å². The van der Waals surface area contributed by atoms with E-state index in [1.165, 1.54) is 0 Å². The van der Waals surface area contributed by atoms with E-state index in [2.05, 4.69) is 0 Å². The molecule has 0 bridgehead atoms. The van der Waals surface area contributed by atoms with Crippen molar-refractivity contribution < 1.29 is 0 Å². The van der Waals surface area contributed by atoms with Gasteiger partial charge in [-0.15, -0.1) is 0 Å². The van der Waals surface area contributed by atoms with Gasteiger partial charge >= 0.3 is 23.7 Å². The van der Waals surface area contributed by atoms with E-state index in [1.54, 1.807) is 0 Å². The molecular weight excluding hydrogens is 272 g/mol. The number of hydrogen-bond donors (Lipinski definition) is 0. The maximum atomic E-state index is 2.00. The van der Waals surface area contributed by atoms with Crippen LogP contribution < -0.4 is 0 Å². The van der Waals surface area contributed by atoms with Crippen LogP contribution in [-0.2, 0) is 0 Å². The molecule has 0 unspecified atom stereocenters. The summed E-state index contributed by atoms with van der Waals surface area (Å²) < 4.78 is 0. The van der Waals surface area contributed by atoms with Gasteiger partial charge in [0.25, 0.3) is 0 Å². The van der Waals surface area contributed by atoms with E-state index >= 15 is 0 Å². The Kier molecular flexibility index (Phi) is 8.77. The van der Waals surface area contributed by atoms with Crippen molar-refractivity contribution >= 4 is 23.7 Å². The summed E-state index contributed by atoms with van der Waals surface area (Å²) in [5.41, 5.74) is 0. The molecule has 0 aliphatic rings. The van der Waals surface area contributed by atoms with Gasteiger partial charge in [0.15, 0.2) is 0 Å². The number of benzene rings is 2. The minimum Gasteiger partial charge on any atom is -0.0623 e. The standard InChI is InChI=1S/2C6H6.H2Te/c2*1-2-4-6-5-3-1;/h2*1-6H;1H2. The summed E-state index contributed by atoms with van der Waals surface area (Å²) in [4.78, 5) is 0. The molecule has 0 fully saturated rings. The zero-order valence-corrected chi connectivity index (χ0v) is 10.3. The van der Waals surface area contributed by atoms with Gasteiger partial charge in [-0.1, -0.05) is 72.8 Å². The Morgan fingerprint density at radius 2 is 0.308 bits per heavy atom. The molecule has 0 atom stereocenters. The van der Waals surface area contributed by atoms with Gasteiger partial charge in [-0.2, -0.15) is 0 Å². The van der Waals surface area contributed by atoms with Crippen LogP contribution in [0, 0.1) is 0 Å². The topological polar surface area (TPSA) is 0 Å². The second-order valence-corrected chi connectivity index (χ2v) is 2.31. The Balaban J connectivity index is 0.000000206. The second-order valence-electron chi connectivity index (χ2n) is 2.31. The zero-order chi connectivity index (χ0) is 8.49. The van der Waals surface area contributed by atoms with Crippen LogP contribution in [0.15, 0.2) is 72.8 Å². The van der Waals surface area contributed by atoms with Crippen LogP contribution >= 0.6 is 0 Å². The first-order valence-corrected chi connectivity index (χ1v) is 4.00. The molecule has 0 spiro atoms. The maximum Gasteiger partial charge on any atom is -0.0623 e. The minimum atomic E-state index is 0. The summed E-state index contributed by atoms with van der Waals surface area (Å²) in [7, 11) is 0. The molecule has 0 nitrogen and oxygen atoms in total. The van der Waals surface area contributed by atoms with Crippen molar-refractivity contribution in [2.45, 2.75) is 0 Å². The molecule has 2 rings (SSSR count). The molecular formula is C12H14Te. The summed E-state index contributed by atoms with van der Waals surface area (Å²) in [5, 5.41) is 0. The first-order valence-electron chi connectivity index (χ1n) is 4.00. The Morgan fingerprint density at radius 3 is 0.385 bits per heavy atom. The molecule has 2 aromatic rings. The van der Waals surface area contributed by atoms with E-state index in [4.69, 9.17) is 0 Å².